The van der Waals surface area contributed by atoms with Crippen LogP contribution in [-0.4, -0.2) is 35.8 Å². The summed E-state index contributed by atoms with van der Waals surface area (Å²) in [4.78, 5) is 13.0. The molecular weight excluding hydrogens is 287 g/mol. The van der Waals surface area contributed by atoms with Crippen molar-refractivity contribution >= 4 is 6.09 Å². The minimum Gasteiger partial charge on any atom is -0.483 e. The predicted molar refractivity (Wildman–Crippen MR) is 68.5 cm³/mol. The minimum absolute atomic E-state index is 0.173. The van der Waals surface area contributed by atoms with Gasteiger partial charge in [0.05, 0.1) is 13.1 Å². The lowest BCUT2D eigenvalue weighted by molar-refractivity contribution is -0.0231. The fourth-order valence-corrected chi connectivity index (χ4v) is 1.79. The van der Waals surface area contributed by atoms with Gasteiger partial charge in [-0.1, -0.05) is 0 Å². The molecule has 116 valence electrons. The van der Waals surface area contributed by atoms with Crippen molar-refractivity contribution < 1.29 is 27.4 Å². The normalized spacial score (nSPS) is 15.6. The van der Waals surface area contributed by atoms with E-state index in [9.17, 15) is 18.0 Å². The van der Waals surface area contributed by atoms with E-state index in [1.54, 1.807) is 20.8 Å². The molecule has 0 unspecified atom stereocenters. The van der Waals surface area contributed by atoms with Gasteiger partial charge >= 0.3 is 6.09 Å². The maximum atomic E-state index is 13.4. The molecule has 0 atom stereocenters. The van der Waals surface area contributed by atoms with Gasteiger partial charge in [-0.25, -0.2) is 13.6 Å². The molecule has 0 bridgehead atoms. The summed E-state index contributed by atoms with van der Waals surface area (Å²) in [7, 11) is 0. The number of likely N-dealkylation sites (tertiary alicyclic amines) is 1. The standard InChI is InChI=1S/C14H16F3NO3/c1-14(2,3)21-13(19)18-6-9(7-18)20-11-5-8(15)4-10(16)12(11)17/h4-5,9H,6-7H2,1-3H3. The van der Waals surface area contributed by atoms with Gasteiger partial charge in [0, 0.05) is 12.1 Å². The highest BCUT2D eigenvalue weighted by Gasteiger charge is 2.35. The van der Waals surface area contributed by atoms with E-state index in [4.69, 9.17) is 9.47 Å². The van der Waals surface area contributed by atoms with Crippen LogP contribution in [0.1, 0.15) is 20.8 Å². The SMILES string of the molecule is CC(C)(C)OC(=O)N1CC(Oc2cc(F)cc(F)c2F)C1. The van der Waals surface area contributed by atoms with Crippen LogP contribution in [0.5, 0.6) is 5.75 Å². The van der Waals surface area contributed by atoms with Crippen LogP contribution in [0.4, 0.5) is 18.0 Å². The average Bonchev–Trinajstić information content (AvgIpc) is 2.26. The van der Waals surface area contributed by atoms with Crippen LogP contribution in [0.25, 0.3) is 0 Å². The number of benzene rings is 1. The zero-order valence-electron chi connectivity index (χ0n) is 12.0. The molecule has 0 saturated carbocycles. The molecule has 0 aliphatic carbocycles. The highest BCUT2D eigenvalue weighted by Crippen LogP contribution is 2.25. The van der Waals surface area contributed by atoms with Gasteiger partial charge in [-0.05, 0) is 20.8 Å². The number of rotatable bonds is 2. The molecule has 0 aromatic heterocycles. The molecule has 1 aliphatic rings. The molecule has 1 amide bonds. The van der Waals surface area contributed by atoms with E-state index >= 15 is 0 Å². The van der Waals surface area contributed by atoms with Crippen LogP contribution in [-0.2, 0) is 4.74 Å². The Labute approximate surface area is 120 Å². The monoisotopic (exact) mass is 303 g/mol. The molecule has 1 fully saturated rings. The van der Waals surface area contributed by atoms with E-state index in [0.717, 1.165) is 6.07 Å². The largest absolute Gasteiger partial charge is 0.483 e. The third kappa shape index (κ3) is 3.80. The van der Waals surface area contributed by atoms with Crippen molar-refractivity contribution in [1.82, 2.24) is 4.90 Å². The van der Waals surface area contributed by atoms with Gasteiger partial charge in [0.1, 0.15) is 17.5 Å². The highest BCUT2D eigenvalue weighted by molar-refractivity contribution is 5.69. The second-order valence-corrected chi connectivity index (χ2v) is 5.82. The first-order valence-electron chi connectivity index (χ1n) is 6.45. The van der Waals surface area contributed by atoms with Gasteiger partial charge in [0.2, 0.25) is 5.82 Å². The Hall–Kier alpha value is -1.92. The van der Waals surface area contributed by atoms with E-state index < -0.39 is 41.0 Å². The first-order chi connectivity index (χ1) is 9.65. The first kappa shape index (κ1) is 15.5. The van der Waals surface area contributed by atoms with Gasteiger partial charge < -0.3 is 14.4 Å². The number of carbonyl (C=O) groups is 1. The van der Waals surface area contributed by atoms with Gasteiger partial charge in [-0.15, -0.1) is 0 Å². The smallest absolute Gasteiger partial charge is 0.410 e. The molecule has 1 heterocycles. The van der Waals surface area contributed by atoms with E-state index in [1.807, 2.05) is 0 Å². The maximum Gasteiger partial charge on any atom is 0.410 e. The molecule has 1 saturated heterocycles. The predicted octanol–water partition coefficient (Wildman–Crippen LogP) is 3.10. The Kier molecular flexibility index (Phi) is 4.02. The molecule has 2 rings (SSSR count). The number of halogens is 3. The lowest BCUT2D eigenvalue weighted by Gasteiger charge is -2.39. The van der Waals surface area contributed by atoms with E-state index in [-0.39, 0.29) is 13.1 Å². The topological polar surface area (TPSA) is 38.8 Å². The van der Waals surface area contributed by atoms with Crippen LogP contribution >= 0.6 is 0 Å². The van der Waals surface area contributed by atoms with Gasteiger partial charge in [0.15, 0.2) is 11.6 Å². The van der Waals surface area contributed by atoms with E-state index in [1.165, 1.54) is 4.90 Å². The van der Waals surface area contributed by atoms with Crippen LogP contribution in [0.3, 0.4) is 0 Å². The number of amides is 1. The molecule has 4 nitrogen and oxygen atoms in total. The van der Waals surface area contributed by atoms with Gasteiger partial charge in [-0.2, -0.15) is 4.39 Å². The molecule has 1 aromatic carbocycles. The van der Waals surface area contributed by atoms with Crippen molar-refractivity contribution in [2.75, 3.05) is 13.1 Å². The summed E-state index contributed by atoms with van der Waals surface area (Å²) in [5.41, 5.74) is -0.610. The number of hydrogen-bond acceptors (Lipinski definition) is 3. The minimum atomic E-state index is -1.31. The zero-order valence-corrected chi connectivity index (χ0v) is 12.0. The summed E-state index contributed by atoms with van der Waals surface area (Å²) in [5.74, 6) is -3.98. The molecular formula is C14H16F3NO3. The maximum absolute atomic E-state index is 13.4. The highest BCUT2D eigenvalue weighted by atomic mass is 19.2. The van der Waals surface area contributed by atoms with Gasteiger partial charge in [0.25, 0.3) is 0 Å². The average molecular weight is 303 g/mol. The Balaban J connectivity index is 1.90. The summed E-state index contributed by atoms with van der Waals surface area (Å²) >= 11 is 0. The van der Waals surface area contributed by atoms with Crippen LogP contribution in [0.2, 0.25) is 0 Å². The van der Waals surface area contributed by atoms with Crippen molar-refractivity contribution in [2.45, 2.75) is 32.5 Å². The Morgan fingerprint density at radius 1 is 1.24 bits per heavy atom. The summed E-state index contributed by atoms with van der Waals surface area (Å²) in [6, 6.07) is 1.21. The molecule has 1 aromatic rings. The second kappa shape index (κ2) is 5.46. The van der Waals surface area contributed by atoms with Crippen molar-refractivity contribution in [3.8, 4) is 5.75 Å². The Morgan fingerprint density at radius 3 is 2.43 bits per heavy atom. The fourth-order valence-electron chi connectivity index (χ4n) is 1.79. The molecule has 0 radical (unpaired) electrons. The molecule has 0 N–H and O–H groups in total. The van der Waals surface area contributed by atoms with E-state index in [2.05, 4.69) is 0 Å². The summed E-state index contributed by atoms with van der Waals surface area (Å²) in [6.07, 6.45) is -1.03. The lowest BCUT2D eigenvalue weighted by Crippen LogP contribution is -2.57. The molecule has 0 spiro atoms. The Morgan fingerprint density at radius 2 is 1.86 bits per heavy atom. The van der Waals surface area contributed by atoms with Crippen molar-refractivity contribution in [3.05, 3.63) is 29.6 Å². The van der Waals surface area contributed by atoms with Crippen LogP contribution in [0.15, 0.2) is 12.1 Å². The number of ether oxygens (including phenoxy) is 2. The summed E-state index contributed by atoms with van der Waals surface area (Å²) < 4.78 is 49.7. The first-order valence-corrected chi connectivity index (χ1v) is 6.45. The van der Waals surface area contributed by atoms with Gasteiger partial charge in [-0.3, -0.25) is 0 Å². The third-order valence-corrected chi connectivity index (χ3v) is 2.75. The fraction of sp³-hybridized carbons (Fsp3) is 0.500. The van der Waals surface area contributed by atoms with Crippen LogP contribution < -0.4 is 4.74 Å². The third-order valence-electron chi connectivity index (χ3n) is 2.75. The lowest BCUT2D eigenvalue weighted by atomic mass is 10.1. The zero-order chi connectivity index (χ0) is 15.8. The van der Waals surface area contributed by atoms with Crippen molar-refractivity contribution in [2.24, 2.45) is 0 Å². The molecule has 21 heavy (non-hydrogen) atoms. The number of carbonyl (C=O) groups excluding carboxylic acids is 1. The molecule has 1 aliphatic heterocycles. The Bertz CT molecular complexity index is 551. The summed E-state index contributed by atoms with van der Waals surface area (Å²) in [6.45, 7) is 5.57. The van der Waals surface area contributed by atoms with E-state index in [0.29, 0.717) is 6.07 Å². The molecule has 7 heteroatoms. The van der Waals surface area contributed by atoms with Crippen LogP contribution in [0, 0.1) is 17.5 Å². The van der Waals surface area contributed by atoms with Crippen molar-refractivity contribution in [3.63, 3.8) is 0 Å². The second-order valence-electron chi connectivity index (χ2n) is 5.82. The summed E-state index contributed by atoms with van der Waals surface area (Å²) in [5, 5.41) is 0. The van der Waals surface area contributed by atoms with Crippen molar-refractivity contribution in [1.29, 1.82) is 0 Å². The number of nitrogens with zero attached hydrogens (tertiary/aromatic N) is 1. The quantitative estimate of drug-likeness (QED) is 0.788. The number of hydrogen-bond donors (Lipinski definition) is 0.